The highest BCUT2D eigenvalue weighted by molar-refractivity contribution is 8.00. The second-order valence-corrected chi connectivity index (χ2v) is 6.27. The molecule has 3 nitrogen and oxygen atoms in total. The lowest BCUT2D eigenvalue weighted by molar-refractivity contribution is -0.156. The van der Waals surface area contributed by atoms with Gasteiger partial charge in [-0.3, -0.25) is 0 Å². The lowest BCUT2D eigenvalue weighted by Gasteiger charge is -2.17. The van der Waals surface area contributed by atoms with Crippen molar-refractivity contribution in [2.45, 2.75) is 29.1 Å². The zero-order valence-corrected chi connectivity index (χ0v) is 12.4. The van der Waals surface area contributed by atoms with Gasteiger partial charge >= 0.3 is 0 Å². The van der Waals surface area contributed by atoms with Crippen molar-refractivity contribution < 1.29 is 14.6 Å². The van der Waals surface area contributed by atoms with E-state index in [1.165, 1.54) is 0 Å². The van der Waals surface area contributed by atoms with Crippen molar-refractivity contribution in [2.75, 3.05) is 6.61 Å². The number of aliphatic hydroxyl groups excluding tert-OH is 1. The van der Waals surface area contributed by atoms with E-state index in [9.17, 15) is 5.11 Å². The van der Waals surface area contributed by atoms with Crippen molar-refractivity contribution in [2.24, 2.45) is 0 Å². The fraction of sp³-hybridized carbons (Fsp3) is 0.294. The summed E-state index contributed by atoms with van der Waals surface area (Å²) in [6.45, 7) is 0.950. The normalized spacial score (nSPS) is 25.1. The summed E-state index contributed by atoms with van der Waals surface area (Å²) in [7, 11) is 0. The second kappa shape index (κ2) is 7.09. The largest absolute Gasteiger partial charge is 0.387 e. The Morgan fingerprint density at radius 3 is 2.43 bits per heavy atom. The first-order valence-corrected chi connectivity index (χ1v) is 7.88. The fourth-order valence-corrected chi connectivity index (χ4v) is 3.32. The zero-order valence-electron chi connectivity index (χ0n) is 11.6. The predicted octanol–water partition coefficient (Wildman–Crippen LogP) is 3.08. The standard InChI is InChI=1S/C17H18O3S/c18-16-15(21-14-9-5-2-6-10-14)12-20-17(16)19-11-13-7-3-1-4-8-13/h1-10,15-18H,11-12H2/t15-,16+,17+/m0/s1. The highest BCUT2D eigenvalue weighted by Gasteiger charge is 2.37. The minimum atomic E-state index is -0.612. The van der Waals surface area contributed by atoms with E-state index < -0.39 is 12.4 Å². The van der Waals surface area contributed by atoms with E-state index in [4.69, 9.17) is 9.47 Å². The van der Waals surface area contributed by atoms with Crippen molar-refractivity contribution in [1.82, 2.24) is 0 Å². The summed E-state index contributed by atoms with van der Waals surface area (Å²) in [5.41, 5.74) is 1.08. The maximum Gasteiger partial charge on any atom is 0.185 e. The molecule has 21 heavy (non-hydrogen) atoms. The first kappa shape index (κ1) is 14.6. The SMILES string of the molecule is O[C@H]1[C@H](OCc2ccccc2)OC[C@@H]1Sc1ccccc1. The van der Waals surface area contributed by atoms with Crippen LogP contribution in [-0.4, -0.2) is 29.4 Å². The second-order valence-electron chi connectivity index (χ2n) is 4.96. The van der Waals surface area contributed by atoms with E-state index in [1.807, 2.05) is 60.7 Å². The van der Waals surface area contributed by atoms with Gasteiger partial charge in [0.15, 0.2) is 6.29 Å². The van der Waals surface area contributed by atoms with Gasteiger partial charge in [0, 0.05) is 4.90 Å². The number of thioether (sulfide) groups is 1. The third-order valence-electron chi connectivity index (χ3n) is 3.37. The van der Waals surface area contributed by atoms with Crippen LogP contribution in [0, 0.1) is 0 Å². The van der Waals surface area contributed by atoms with Gasteiger partial charge in [-0.2, -0.15) is 0 Å². The first-order valence-electron chi connectivity index (χ1n) is 7.00. The Morgan fingerprint density at radius 2 is 1.71 bits per heavy atom. The molecule has 2 aromatic carbocycles. The molecule has 1 saturated heterocycles. The predicted molar refractivity (Wildman–Crippen MR) is 83.1 cm³/mol. The highest BCUT2D eigenvalue weighted by Crippen LogP contribution is 2.32. The van der Waals surface area contributed by atoms with Crippen molar-refractivity contribution in [1.29, 1.82) is 0 Å². The lowest BCUT2D eigenvalue weighted by Crippen LogP contribution is -2.30. The number of ether oxygens (including phenoxy) is 2. The quantitative estimate of drug-likeness (QED) is 0.921. The van der Waals surface area contributed by atoms with Crippen LogP contribution >= 0.6 is 11.8 Å². The molecule has 0 unspecified atom stereocenters. The Hall–Kier alpha value is -1.33. The molecule has 1 heterocycles. The average molecular weight is 302 g/mol. The molecule has 0 aliphatic carbocycles. The Kier molecular flexibility index (Phi) is 4.93. The van der Waals surface area contributed by atoms with E-state index in [1.54, 1.807) is 11.8 Å². The molecule has 0 bridgehead atoms. The van der Waals surface area contributed by atoms with Crippen LogP contribution < -0.4 is 0 Å². The number of rotatable bonds is 5. The van der Waals surface area contributed by atoms with Crippen LogP contribution in [0.3, 0.4) is 0 Å². The Morgan fingerprint density at radius 1 is 1.05 bits per heavy atom. The molecule has 0 amide bonds. The molecule has 0 aromatic heterocycles. The van der Waals surface area contributed by atoms with Gasteiger partial charge in [-0.15, -0.1) is 11.8 Å². The summed E-state index contributed by atoms with van der Waals surface area (Å²) in [5.74, 6) is 0. The van der Waals surface area contributed by atoms with Crippen LogP contribution in [0.4, 0.5) is 0 Å². The van der Waals surface area contributed by atoms with Gasteiger partial charge in [0.05, 0.1) is 18.5 Å². The van der Waals surface area contributed by atoms with E-state index >= 15 is 0 Å². The molecule has 1 aliphatic rings. The van der Waals surface area contributed by atoms with Gasteiger partial charge < -0.3 is 14.6 Å². The molecule has 0 saturated carbocycles. The molecular formula is C17H18O3S. The summed E-state index contributed by atoms with van der Waals surface area (Å²) < 4.78 is 11.3. The molecule has 1 aliphatic heterocycles. The van der Waals surface area contributed by atoms with Crippen LogP contribution in [0.1, 0.15) is 5.56 Å². The van der Waals surface area contributed by atoms with E-state index in [0.717, 1.165) is 10.5 Å². The van der Waals surface area contributed by atoms with Crippen LogP contribution in [0.25, 0.3) is 0 Å². The van der Waals surface area contributed by atoms with Crippen molar-refractivity contribution in [3.8, 4) is 0 Å². The molecular weight excluding hydrogens is 284 g/mol. The Balaban J connectivity index is 1.53. The minimum absolute atomic E-state index is 0.00757. The molecule has 110 valence electrons. The first-order chi connectivity index (χ1) is 10.3. The third-order valence-corrected chi connectivity index (χ3v) is 4.63. The molecule has 4 heteroatoms. The maximum atomic E-state index is 10.3. The molecule has 0 spiro atoms. The molecule has 3 rings (SSSR count). The van der Waals surface area contributed by atoms with Crippen LogP contribution in [0.15, 0.2) is 65.6 Å². The smallest absolute Gasteiger partial charge is 0.185 e. The van der Waals surface area contributed by atoms with Gasteiger partial charge in [0.2, 0.25) is 0 Å². The molecule has 1 fully saturated rings. The number of aliphatic hydroxyl groups is 1. The molecule has 2 aromatic rings. The van der Waals surface area contributed by atoms with Gasteiger partial charge in [0.1, 0.15) is 6.10 Å². The molecule has 1 N–H and O–H groups in total. The van der Waals surface area contributed by atoms with Gasteiger partial charge in [-0.1, -0.05) is 48.5 Å². The summed E-state index contributed by atoms with van der Waals surface area (Å²) in [5, 5.41) is 10.3. The van der Waals surface area contributed by atoms with E-state index in [0.29, 0.717) is 13.2 Å². The van der Waals surface area contributed by atoms with Crippen LogP contribution in [0.5, 0.6) is 0 Å². The van der Waals surface area contributed by atoms with Gasteiger partial charge in [-0.05, 0) is 17.7 Å². The van der Waals surface area contributed by atoms with Crippen molar-refractivity contribution >= 4 is 11.8 Å². The highest BCUT2D eigenvalue weighted by atomic mass is 32.2. The van der Waals surface area contributed by atoms with E-state index in [-0.39, 0.29) is 5.25 Å². The molecule has 3 atom stereocenters. The lowest BCUT2D eigenvalue weighted by atomic mass is 10.2. The number of hydrogen-bond donors (Lipinski definition) is 1. The summed E-state index contributed by atoms with van der Waals surface area (Å²) in [6.07, 6.45) is -1.16. The third kappa shape index (κ3) is 3.86. The average Bonchev–Trinajstić information content (AvgIpc) is 2.88. The molecule has 0 radical (unpaired) electrons. The van der Waals surface area contributed by atoms with Gasteiger partial charge in [0.25, 0.3) is 0 Å². The Bertz CT molecular complexity index is 546. The van der Waals surface area contributed by atoms with Crippen LogP contribution in [-0.2, 0) is 16.1 Å². The van der Waals surface area contributed by atoms with Crippen molar-refractivity contribution in [3.05, 3.63) is 66.2 Å². The number of benzene rings is 2. The van der Waals surface area contributed by atoms with E-state index in [2.05, 4.69) is 0 Å². The Labute approximate surface area is 128 Å². The van der Waals surface area contributed by atoms with Crippen LogP contribution in [0.2, 0.25) is 0 Å². The summed E-state index contributed by atoms with van der Waals surface area (Å²) >= 11 is 1.63. The monoisotopic (exact) mass is 302 g/mol. The topological polar surface area (TPSA) is 38.7 Å². The van der Waals surface area contributed by atoms with Gasteiger partial charge in [-0.25, -0.2) is 0 Å². The summed E-state index contributed by atoms with van der Waals surface area (Å²) in [4.78, 5) is 1.13. The zero-order chi connectivity index (χ0) is 14.5. The maximum absolute atomic E-state index is 10.3. The fourth-order valence-electron chi connectivity index (χ4n) is 2.24. The number of hydrogen-bond acceptors (Lipinski definition) is 4. The minimum Gasteiger partial charge on any atom is -0.387 e. The van der Waals surface area contributed by atoms with Crippen molar-refractivity contribution in [3.63, 3.8) is 0 Å². The summed E-state index contributed by atoms with van der Waals surface area (Å²) in [6, 6.07) is 20.0.